The van der Waals surface area contributed by atoms with Crippen molar-refractivity contribution in [3.63, 3.8) is 0 Å². The van der Waals surface area contributed by atoms with Gasteiger partial charge in [0.15, 0.2) is 0 Å². The summed E-state index contributed by atoms with van der Waals surface area (Å²) in [7, 11) is 0. The van der Waals surface area contributed by atoms with Crippen molar-refractivity contribution in [1.82, 2.24) is 10.6 Å². The summed E-state index contributed by atoms with van der Waals surface area (Å²) in [6, 6.07) is 3.00. The number of urea groups is 1. The topological polar surface area (TPSA) is 58.2 Å². The quantitative estimate of drug-likeness (QED) is 0.719. The fourth-order valence-electron chi connectivity index (χ4n) is 2.73. The van der Waals surface area contributed by atoms with Gasteiger partial charge in [-0.25, -0.2) is 4.79 Å². The summed E-state index contributed by atoms with van der Waals surface area (Å²) in [5, 5.41) is 5.87. The average molecular weight is 285 g/mol. The second-order valence-corrected chi connectivity index (χ2v) is 5.40. The molecule has 3 rings (SSSR count). The van der Waals surface area contributed by atoms with E-state index in [9.17, 15) is 9.59 Å². The molecule has 0 bridgehead atoms. The maximum absolute atomic E-state index is 12.0. The lowest BCUT2D eigenvalue weighted by molar-refractivity contribution is -0.124. The van der Waals surface area contributed by atoms with Crippen molar-refractivity contribution >= 4 is 35.1 Å². The molecule has 1 spiro atoms. The number of amides is 3. The molecule has 1 aromatic carbocycles. The van der Waals surface area contributed by atoms with Crippen molar-refractivity contribution in [3.8, 4) is 0 Å². The third kappa shape index (κ3) is 1.52. The van der Waals surface area contributed by atoms with Crippen LogP contribution in [0.1, 0.15) is 24.0 Å². The normalized spacial score (nSPS) is 25.9. The molecule has 3 amide bonds. The third-order valence-corrected chi connectivity index (χ3v) is 4.27. The van der Waals surface area contributed by atoms with Gasteiger partial charge in [-0.15, -0.1) is 0 Å². The molecule has 0 radical (unpaired) electrons. The first-order valence-corrected chi connectivity index (χ1v) is 6.40. The van der Waals surface area contributed by atoms with Crippen LogP contribution in [0.2, 0.25) is 10.0 Å². The monoisotopic (exact) mass is 284 g/mol. The third-order valence-electron chi connectivity index (χ3n) is 3.55. The molecule has 18 heavy (non-hydrogen) atoms. The van der Waals surface area contributed by atoms with Crippen LogP contribution in [0, 0.1) is 0 Å². The maximum Gasteiger partial charge on any atom is 0.322 e. The number of carbonyl (C=O) groups excluding carboxylic acids is 2. The molecule has 1 aliphatic heterocycles. The summed E-state index contributed by atoms with van der Waals surface area (Å²) < 4.78 is 0. The van der Waals surface area contributed by atoms with Crippen LogP contribution < -0.4 is 10.6 Å². The molecule has 4 nitrogen and oxygen atoms in total. The fourth-order valence-corrected chi connectivity index (χ4v) is 3.08. The van der Waals surface area contributed by atoms with Crippen LogP contribution in [0.3, 0.4) is 0 Å². The van der Waals surface area contributed by atoms with Gasteiger partial charge in [-0.1, -0.05) is 23.2 Å². The average Bonchev–Trinajstić information content (AvgIpc) is 2.58. The van der Waals surface area contributed by atoms with E-state index in [1.165, 1.54) is 0 Å². The van der Waals surface area contributed by atoms with Crippen molar-refractivity contribution in [2.24, 2.45) is 0 Å². The molecule has 6 heteroatoms. The van der Waals surface area contributed by atoms with Crippen molar-refractivity contribution in [1.29, 1.82) is 0 Å². The van der Waals surface area contributed by atoms with Crippen LogP contribution in [0.5, 0.6) is 0 Å². The molecular weight excluding hydrogens is 275 g/mol. The number of nitrogens with one attached hydrogen (secondary N) is 2. The van der Waals surface area contributed by atoms with Gasteiger partial charge in [0, 0.05) is 0 Å². The van der Waals surface area contributed by atoms with E-state index < -0.39 is 11.6 Å². The number of benzene rings is 1. The number of hydrogen-bond donors (Lipinski definition) is 2. The van der Waals surface area contributed by atoms with E-state index in [0.717, 1.165) is 24.0 Å². The van der Waals surface area contributed by atoms with Crippen LogP contribution >= 0.6 is 23.2 Å². The highest BCUT2D eigenvalue weighted by molar-refractivity contribution is 6.42. The van der Waals surface area contributed by atoms with Crippen LogP contribution in [-0.2, 0) is 16.8 Å². The molecule has 2 N–H and O–H groups in total. The second-order valence-electron chi connectivity index (χ2n) is 4.59. The lowest BCUT2D eigenvalue weighted by Gasteiger charge is -2.33. The SMILES string of the molecule is O=C1NC(=O)C2(CCCc3cc(Cl)c(Cl)cc32)N1. The van der Waals surface area contributed by atoms with Crippen LogP contribution in [0.15, 0.2) is 12.1 Å². The van der Waals surface area contributed by atoms with E-state index >= 15 is 0 Å². The number of hydrogen-bond acceptors (Lipinski definition) is 2. The Kier molecular flexibility index (Phi) is 2.54. The van der Waals surface area contributed by atoms with Crippen molar-refractivity contribution in [2.45, 2.75) is 24.8 Å². The molecule has 0 saturated carbocycles. The highest BCUT2D eigenvalue weighted by Crippen LogP contribution is 2.40. The van der Waals surface area contributed by atoms with Gasteiger partial charge < -0.3 is 5.32 Å². The van der Waals surface area contributed by atoms with Gasteiger partial charge in [-0.2, -0.15) is 0 Å². The Balaban J connectivity index is 2.20. The van der Waals surface area contributed by atoms with E-state index in [2.05, 4.69) is 10.6 Å². The van der Waals surface area contributed by atoms with E-state index in [-0.39, 0.29) is 5.91 Å². The Labute approximate surface area is 114 Å². The van der Waals surface area contributed by atoms with Crippen LogP contribution in [0.25, 0.3) is 0 Å². The Morgan fingerprint density at radius 2 is 1.89 bits per heavy atom. The smallest absolute Gasteiger partial charge is 0.319 e. The molecule has 1 heterocycles. The van der Waals surface area contributed by atoms with E-state index in [4.69, 9.17) is 23.2 Å². The molecule has 1 unspecified atom stereocenters. The zero-order chi connectivity index (χ0) is 12.9. The Bertz CT molecular complexity index is 573. The fraction of sp³-hybridized carbons (Fsp3) is 0.333. The lowest BCUT2D eigenvalue weighted by Crippen LogP contribution is -2.46. The summed E-state index contributed by atoms with van der Waals surface area (Å²) in [6.45, 7) is 0. The first-order chi connectivity index (χ1) is 8.53. The predicted octanol–water partition coefficient (Wildman–Crippen LogP) is 2.36. The number of fused-ring (bicyclic) bond motifs is 2. The van der Waals surface area contributed by atoms with Gasteiger partial charge in [-0.05, 0) is 42.5 Å². The summed E-state index contributed by atoms with van der Waals surface area (Å²) >= 11 is 12.0. The van der Waals surface area contributed by atoms with Gasteiger partial charge in [0.25, 0.3) is 5.91 Å². The highest BCUT2D eigenvalue weighted by atomic mass is 35.5. The molecule has 1 aromatic rings. The zero-order valence-electron chi connectivity index (χ0n) is 9.35. The Morgan fingerprint density at radius 1 is 1.17 bits per heavy atom. The summed E-state index contributed by atoms with van der Waals surface area (Å²) in [4.78, 5) is 23.4. The van der Waals surface area contributed by atoms with Gasteiger partial charge >= 0.3 is 6.03 Å². The largest absolute Gasteiger partial charge is 0.322 e. The molecular formula is C12H10Cl2N2O2. The van der Waals surface area contributed by atoms with Gasteiger partial charge in [0.1, 0.15) is 5.54 Å². The summed E-state index contributed by atoms with van der Waals surface area (Å²) in [6.07, 6.45) is 2.23. The molecule has 1 fully saturated rings. The predicted molar refractivity (Wildman–Crippen MR) is 67.8 cm³/mol. The highest BCUT2D eigenvalue weighted by Gasteiger charge is 2.49. The molecule has 2 aliphatic rings. The Morgan fingerprint density at radius 3 is 2.56 bits per heavy atom. The molecule has 1 atom stereocenters. The number of rotatable bonds is 0. The molecule has 94 valence electrons. The van der Waals surface area contributed by atoms with E-state index in [1.54, 1.807) is 12.1 Å². The second kappa shape index (κ2) is 3.87. The summed E-state index contributed by atoms with van der Waals surface area (Å²) in [5.74, 6) is -0.313. The lowest BCUT2D eigenvalue weighted by atomic mass is 9.76. The summed E-state index contributed by atoms with van der Waals surface area (Å²) in [5.41, 5.74) is 0.748. The molecule has 1 saturated heterocycles. The number of imide groups is 1. The van der Waals surface area contributed by atoms with Gasteiger partial charge in [0.2, 0.25) is 0 Å². The number of carbonyl (C=O) groups is 2. The maximum atomic E-state index is 12.0. The van der Waals surface area contributed by atoms with E-state index in [1.807, 2.05) is 0 Å². The standard InChI is InChI=1S/C12H10Cl2N2O2/c13-8-4-6-2-1-3-12(7(6)5-9(8)14)10(17)15-11(18)16-12/h4-5H,1-3H2,(H2,15,16,17,18). The minimum absolute atomic E-state index is 0.313. The van der Waals surface area contributed by atoms with Crippen LogP contribution in [-0.4, -0.2) is 11.9 Å². The van der Waals surface area contributed by atoms with Crippen molar-refractivity contribution in [2.75, 3.05) is 0 Å². The van der Waals surface area contributed by atoms with Gasteiger partial charge in [0.05, 0.1) is 10.0 Å². The minimum atomic E-state index is -0.973. The Hall–Kier alpha value is -1.26. The number of halogens is 2. The van der Waals surface area contributed by atoms with Crippen LogP contribution in [0.4, 0.5) is 4.79 Å². The molecule has 0 aromatic heterocycles. The van der Waals surface area contributed by atoms with E-state index in [0.29, 0.717) is 16.5 Å². The molecule has 1 aliphatic carbocycles. The zero-order valence-corrected chi connectivity index (χ0v) is 10.9. The first kappa shape index (κ1) is 11.8. The first-order valence-electron chi connectivity index (χ1n) is 5.65. The van der Waals surface area contributed by atoms with Gasteiger partial charge in [-0.3, -0.25) is 10.1 Å². The van der Waals surface area contributed by atoms with Crippen molar-refractivity contribution in [3.05, 3.63) is 33.3 Å². The number of aryl methyl sites for hydroxylation is 1. The van der Waals surface area contributed by atoms with Crippen molar-refractivity contribution < 1.29 is 9.59 Å². The minimum Gasteiger partial charge on any atom is -0.319 e.